The summed E-state index contributed by atoms with van der Waals surface area (Å²) in [6, 6.07) is 0. The molecule has 0 aliphatic heterocycles. The Morgan fingerprint density at radius 1 is 1.38 bits per heavy atom. The van der Waals surface area contributed by atoms with Crippen molar-refractivity contribution < 1.29 is 0 Å². The molecule has 1 rings (SSSR count). The van der Waals surface area contributed by atoms with E-state index >= 15 is 0 Å². The van der Waals surface area contributed by atoms with Crippen LogP contribution in [0.4, 0.5) is 0 Å². The van der Waals surface area contributed by atoms with Crippen molar-refractivity contribution in [3.8, 4) is 0 Å². The second kappa shape index (κ2) is 3.69. The Hall–Kier alpha value is -0.520. The van der Waals surface area contributed by atoms with E-state index in [2.05, 4.69) is 52.8 Å². The van der Waals surface area contributed by atoms with Gasteiger partial charge in [0.2, 0.25) is 0 Å². The van der Waals surface area contributed by atoms with Crippen LogP contribution in [-0.2, 0) is 0 Å². The van der Waals surface area contributed by atoms with E-state index in [1.165, 1.54) is 12.0 Å². The van der Waals surface area contributed by atoms with Gasteiger partial charge in [0.15, 0.2) is 0 Å². The summed E-state index contributed by atoms with van der Waals surface area (Å²) >= 11 is 0. The summed E-state index contributed by atoms with van der Waals surface area (Å²) < 4.78 is 0. The minimum absolute atomic E-state index is 0.357. The summed E-state index contributed by atoms with van der Waals surface area (Å²) in [6.45, 7) is 11.5. The zero-order valence-corrected chi connectivity index (χ0v) is 9.59. The van der Waals surface area contributed by atoms with Gasteiger partial charge in [0, 0.05) is 0 Å². The van der Waals surface area contributed by atoms with Gasteiger partial charge >= 0.3 is 0 Å². The lowest BCUT2D eigenvalue weighted by Gasteiger charge is -2.27. The van der Waals surface area contributed by atoms with Crippen molar-refractivity contribution in [2.45, 2.75) is 41.0 Å². The summed E-state index contributed by atoms with van der Waals surface area (Å²) in [7, 11) is 0. The van der Waals surface area contributed by atoms with E-state index in [4.69, 9.17) is 0 Å². The molecule has 0 aromatic heterocycles. The van der Waals surface area contributed by atoms with E-state index in [0.717, 1.165) is 5.92 Å². The Bertz CT molecular complexity index is 228. The summed E-state index contributed by atoms with van der Waals surface area (Å²) in [4.78, 5) is 0. The van der Waals surface area contributed by atoms with Crippen molar-refractivity contribution in [3.05, 3.63) is 23.8 Å². The molecule has 74 valence electrons. The molecule has 1 aliphatic rings. The second-order valence-corrected chi connectivity index (χ2v) is 5.32. The molecular formula is C13H22. The normalized spacial score (nSPS) is 22.6. The average Bonchev–Trinajstić information content (AvgIpc) is 2.32. The fraction of sp³-hybridized carbons (Fsp3) is 0.692. The molecule has 1 atom stereocenters. The number of rotatable bonds is 3. The fourth-order valence-electron chi connectivity index (χ4n) is 2.24. The minimum Gasteiger partial charge on any atom is -0.0776 e. The average molecular weight is 178 g/mol. The van der Waals surface area contributed by atoms with Crippen LogP contribution in [0.15, 0.2) is 23.8 Å². The smallest absolute Gasteiger partial charge is 0.00726 e. The number of hydrogen-bond acceptors (Lipinski definition) is 0. The van der Waals surface area contributed by atoms with Gasteiger partial charge < -0.3 is 0 Å². The van der Waals surface area contributed by atoms with Gasteiger partial charge in [0.25, 0.3) is 0 Å². The van der Waals surface area contributed by atoms with E-state index in [0.29, 0.717) is 11.3 Å². The van der Waals surface area contributed by atoms with Gasteiger partial charge in [0.1, 0.15) is 0 Å². The number of allylic oxidation sites excluding steroid dienone is 4. The first kappa shape index (κ1) is 10.6. The first-order chi connectivity index (χ1) is 5.92. The van der Waals surface area contributed by atoms with Crippen LogP contribution in [0, 0.1) is 17.3 Å². The van der Waals surface area contributed by atoms with Crippen molar-refractivity contribution >= 4 is 0 Å². The summed E-state index contributed by atoms with van der Waals surface area (Å²) in [6.07, 6.45) is 8.25. The molecule has 0 spiro atoms. The zero-order chi connectivity index (χ0) is 10.1. The van der Waals surface area contributed by atoms with Crippen LogP contribution < -0.4 is 0 Å². The SMILES string of the molecule is CC1C=CC(C(C)(C)CC(C)C)=C1. The maximum Gasteiger partial charge on any atom is -0.00726 e. The topological polar surface area (TPSA) is 0 Å². The van der Waals surface area contributed by atoms with Crippen LogP contribution >= 0.6 is 0 Å². The molecule has 0 nitrogen and oxygen atoms in total. The molecule has 0 fully saturated rings. The van der Waals surface area contributed by atoms with Gasteiger partial charge in [-0.15, -0.1) is 0 Å². The van der Waals surface area contributed by atoms with Crippen molar-refractivity contribution in [1.82, 2.24) is 0 Å². The van der Waals surface area contributed by atoms with Crippen molar-refractivity contribution in [2.24, 2.45) is 17.3 Å². The number of hydrogen-bond donors (Lipinski definition) is 0. The largest absolute Gasteiger partial charge is 0.0776 e. The Labute approximate surface area is 82.7 Å². The van der Waals surface area contributed by atoms with Crippen LogP contribution in [0.1, 0.15) is 41.0 Å². The van der Waals surface area contributed by atoms with Crippen molar-refractivity contribution in [1.29, 1.82) is 0 Å². The standard InChI is InChI=1S/C13H22/c1-10(2)9-13(4,5)12-7-6-11(3)8-12/h6-8,10-11H,9H2,1-5H3. The van der Waals surface area contributed by atoms with E-state index < -0.39 is 0 Å². The predicted molar refractivity (Wildman–Crippen MR) is 59.6 cm³/mol. The van der Waals surface area contributed by atoms with Gasteiger partial charge in [0.05, 0.1) is 0 Å². The van der Waals surface area contributed by atoms with Gasteiger partial charge in [-0.05, 0) is 29.2 Å². The molecule has 1 unspecified atom stereocenters. The second-order valence-electron chi connectivity index (χ2n) is 5.32. The predicted octanol–water partition coefficient (Wildman–Crippen LogP) is 4.19. The third-order valence-electron chi connectivity index (χ3n) is 2.72. The first-order valence-electron chi connectivity index (χ1n) is 5.32. The molecule has 0 aromatic carbocycles. The van der Waals surface area contributed by atoms with E-state index in [1.807, 2.05) is 0 Å². The van der Waals surface area contributed by atoms with Gasteiger partial charge in [-0.1, -0.05) is 52.8 Å². The molecule has 0 radical (unpaired) electrons. The maximum absolute atomic E-state index is 2.39. The van der Waals surface area contributed by atoms with E-state index in [-0.39, 0.29) is 0 Å². The van der Waals surface area contributed by atoms with E-state index in [1.54, 1.807) is 0 Å². The van der Waals surface area contributed by atoms with Crippen LogP contribution in [0.5, 0.6) is 0 Å². The lowest BCUT2D eigenvalue weighted by atomic mass is 9.78. The van der Waals surface area contributed by atoms with Crippen molar-refractivity contribution in [3.63, 3.8) is 0 Å². The highest BCUT2D eigenvalue weighted by molar-refractivity contribution is 5.33. The molecule has 0 saturated heterocycles. The molecule has 0 N–H and O–H groups in total. The molecule has 13 heavy (non-hydrogen) atoms. The lowest BCUT2D eigenvalue weighted by molar-refractivity contribution is 0.351. The van der Waals surface area contributed by atoms with Crippen LogP contribution in [0.25, 0.3) is 0 Å². The maximum atomic E-state index is 2.39. The third-order valence-corrected chi connectivity index (χ3v) is 2.72. The summed E-state index contributed by atoms with van der Waals surface area (Å²) in [5.41, 5.74) is 1.88. The summed E-state index contributed by atoms with van der Waals surface area (Å²) in [5, 5.41) is 0. The van der Waals surface area contributed by atoms with E-state index in [9.17, 15) is 0 Å². The lowest BCUT2D eigenvalue weighted by Crippen LogP contribution is -2.15. The zero-order valence-electron chi connectivity index (χ0n) is 9.59. The highest BCUT2D eigenvalue weighted by Crippen LogP contribution is 2.37. The molecule has 1 aliphatic carbocycles. The monoisotopic (exact) mass is 178 g/mol. The highest BCUT2D eigenvalue weighted by atomic mass is 14.3. The molecular weight excluding hydrogens is 156 g/mol. The molecule has 0 saturated carbocycles. The van der Waals surface area contributed by atoms with Gasteiger partial charge in [-0.2, -0.15) is 0 Å². The van der Waals surface area contributed by atoms with Gasteiger partial charge in [-0.25, -0.2) is 0 Å². The third kappa shape index (κ3) is 2.72. The fourth-order valence-corrected chi connectivity index (χ4v) is 2.24. The van der Waals surface area contributed by atoms with Crippen LogP contribution in [-0.4, -0.2) is 0 Å². The Morgan fingerprint density at radius 3 is 2.38 bits per heavy atom. The highest BCUT2D eigenvalue weighted by Gasteiger charge is 2.24. The quantitative estimate of drug-likeness (QED) is 0.608. The first-order valence-corrected chi connectivity index (χ1v) is 5.32. The molecule has 0 heterocycles. The summed E-state index contributed by atoms with van der Waals surface area (Å²) in [5.74, 6) is 1.42. The van der Waals surface area contributed by atoms with Crippen LogP contribution in [0.2, 0.25) is 0 Å². The van der Waals surface area contributed by atoms with Crippen molar-refractivity contribution in [2.75, 3.05) is 0 Å². The Morgan fingerprint density at radius 2 is 2.00 bits per heavy atom. The van der Waals surface area contributed by atoms with Gasteiger partial charge in [-0.3, -0.25) is 0 Å². The molecule has 0 aromatic rings. The molecule has 0 bridgehead atoms. The van der Waals surface area contributed by atoms with Crippen LogP contribution in [0.3, 0.4) is 0 Å². The Balaban J connectivity index is 2.70. The minimum atomic E-state index is 0.357. The Kier molecular flexibility index (Phi) is 3.00. The molecule has 0 amide bonds. The molecule has 0 heteroatoms.